The van der Waals surface area contributed by atoms with E-state index in [2.05, 4.69) is 4.90 Å². The van der Waals surface area contributed by atoms with Crippen LogP contribution in [0.25, 0.3) is 0 Å². The van der Waals surface area contributed by atoms with Crippen molar-refractivity contribution in [2.24, 2.45) is 0 Å². The molecular formula is C24H31NO8. The zero-order valence-corrected chi connectivity index (χ0v) is 19.5. The van der Waals surface area contributed by atoms with Crippen LogP contribution in [0.3, 0.4) is 0 Å². The second kappa shape index (κ2) is 11.1. The zero-order chi connectivity index (χ0) is 24.0. The lowest BCUT2D eigenvalue weighted by Gasteiger charge is -2.26. The maximum absolute atomic E-state index is 12.7. The molecule has 1 atom stereocenters. The number of rotatable bonds is 9. The number of methoxy groups -OCH3 is 4. The number of likely N-dealkylation sites (tertiary alicyclic amines) is 1. The largest absolute Gasteiger partial charge is 0.502 e. The molecule has 0 spiro atoms. The van der Waals surface area contributed by atoms with Gasteiger partial charge in [-0.3, -0.25) is 14.5 Å². The molecule has 1 aliphatic rings. The number of carbonyl (C=O) groups is 1. The summed E-state index contributed by atoms with van der Waals surface area (Å²) < 4.78 is 27.3. The summed E-state index contributed by atoms with van der Waals surface area (Å²) in [6, 6.07) is 4.65. The molecule has 0 bridgehead atoms. The molecule has 0 saturated carbocycles. The number of hydrogen-bond donors (Lipinski definition) is 1. The van der Waals surface area contributed by atoms with Crippen molar-refractivity contribution < 1.29 is 33.3 Å². The van der Waals surface area contributed by atoms with E-state index in [9.17, 15) is 14.7 Å². The Balaban J connectivity index is 2.13. The van der Waals surface area contributed by atoms with Gasteiger partial charge in [0.1, 0.15) is 5.76 Å². The molecule has 2 heterocycles. The van der Waals surface area contributed by atoms with Gasteiger partial charge in [0.05, 0.1) is 47.3 Å². The lowest BCUT2D eigenvalue weighted by Crippen LogP contribution is -2.29. The Kier molecular flexibility index (Phi) is 8.21. The highest BCUT2D eigenvalue weighted by atomic mass is 16.5. The SMILES string of the molecule is COC(=O)C[C@@H](c1ccc(OC)c(OC)c1OC)c1oc(CN2CCCCC2)cc(=O)c1O. The van der Waals surface area contributed by atoms with Crippen LogP contribution < -0.4 is 19.6 Å². The minimum atomic E-state index is -0.860. The van der Waals surface area contributed by atoms with Gasteiger partial charge in [-0.2, -0.15) is 0 Å². The highest BCUT2D eigenvalue weighted by Gasteiger charge is 2.31. The maximum atomic E-state index is 12.7. The minimum Gasteiger partial charge on any atom is -0.502 e. The summed E-state index contributed by atoms with van der Waals surface area (Å²) >= 11 is 0. The molecule has 9 nitrogen and oxygen atoms in total. The number of carbonyl (C=O) groups excluding carboxylic acids is 1. The fourth-order valence-corrected chi connectivity index (χ4v) is 4.20. The average molecular weight is 462 g/mol. The number of esters is 1. The van der Waals surface area contributed by atoms with E-state index in [-0.39, 0.29) is 12.2 Å². The first-order valence-electron chi connectivity index (χ1n) is 10.9. The molecule has 0 unspecified atom stereocenters. The summed E-state index contributed by atoms with van der Waals surface area (Å²) in [6.07, 6.45) is 3.17. The molecule has 180 valence electrons. The first-order valence-corrected chi connectivity index (χ1v) is 10.9. The van der Waals surface area contributed by atoms with Crippen molar-refractivity contribution in [3.05, 3.63) is 45.5 Å². The van der Waals surface area contributed by atoms with Gasteiger partial charge in [-0.05, 0) is 32.0 Å². The van der Waals surface area contributed by atoms with E-state index >= 15 is 0 Å². The Morgan fingerprint density at radius 3 is 2.36 bits per heavy atom. The molecular weight excluding hydrogens is 430 g/mol. The molecule has 1 aliphatic heterocycles. The third-order valence-corrected chi connectivity index (χ3v) is 5.85. The smallest absolute Gasteiger partial charge is 0.306 e. The molecule has 33 heavy (non-hydrogen) atoms. The van der Waals surface area contributed by atoms with Crippen molar-refractivity contribution in [1.82, 2.24) is 4.90 Å². The van der Waals surface area contributed by atoms with Gasteiger partial charge in [0, 0.05) is 11.6 Å². The molecule has 1 aromatic carbocycles. The number of hydrogen-bond acceptors (Lipinski definition) is 9. The van der Waals surface area contributed by atoms with Crippen LogP contribution in [-0.2, 0) is 16.1 Å². The number of ether oxygens (including phenoxy) is 4. The molecule has 9 heteroatoms. The standard InChI is InChI=1S/C24H31NO8/c1-29-19-9-8-16(23(31-3)24(19)32-4)17(13-20(27)30-2)22-21(28)18(26)12-15(33-22)14-25-10-6-5-7-11-25/h8-9,12,17,28H,5-7,10-11,13-14H2,1-4H3/t17-/m0/s1. The summed E-state index contributed by atoms with van der Waals surface area (Å²) in [6.45, 7) is 2.26. The van der Waals surface area contributed by atoms with Gasteiger partial charge in [-0.1, -0.05) is 12.5 Å². The van der Waals surface area contributed by atoms with Crippen molar-refractivity contribution in [2.45, 2.75) is 38.1 Å². The van der Waals surface area contributed by atoms with E-state index in [4.69, 9.17) is 23.4 Å². The van der Waals surface area contributed by atoms with Crippen molar-refractivity contribution in [3.63, 3.8) is 0 Å². The lowest BCUT2D eigenvalue weighted by molar-refractivity contribution is -0.140. The molecule has 1 saturated heterocycles. The Bertz CT molecular complexity index is 1030. The first kappa shape index (κ1) is 24.4. The van der Waals surface area contributed by atoms with E-state index in [1.807, 2.05) is 0 Å². The van der Waals surface area contributed by atoms with Crippen molar-refractivity contribution in [2.75, 3.05) is 41.5 Å². The molecule has 0 amide bonds. The predicted molar refractivity (Wildman–Crippen MR) is 120 cm³/mol. The van der Waals surface area contributed by atoms with Gasteiger partial charge < -0.3 is 28.5 Å². The zero-order valence-electron chi connectivity index (χ0n) is 19.5. The van der Waals surface area contributed by atoms with E-state index in [1.165, 1.54) is 40.9 Å². The third kappa shape index (κ3) is 5.42. The Labute approximate surface area is 192 Å². The highest BCUT2D eigenvalue weighted by Crippen LogP contribution is 2.46. The van der Waals surface area contributed by atoms with Crippen LogP contribution in [-0.4, -0.2) is 57.5 Å². The predicted octanol–water partition coefficient (Wildman–Crippen LogP) is 3.05. The average Bonchev–Trinajstić information content (AvgIpc) is 2.84. The summed E-state index contributed by atoms with van der Waals surface area (Å²) in [5, 5.41) is 10.7. The number of benzene rings is 1. The van der Waals surface area contributed by atoms with Crippen molar-refractivity contribution in [3.8, 4) is 23.0 Å². The lowest BCUT2D eigenvalue weighted by atomic mass is 9.90. The molecule has 2 aromatic rings. The monoisotopic (exact) mass is 461 g/mol. The second-order valence-electron chi connectivity index (χ2n) is 7.88. The van der Waals surface area contributed by atoms with Crippen LogP contribution in [0.2, 0.25) is 0 Å². The van der Waals surface area contributed by atoms with Gasteiger partial charge in [0.25, 0.3) is 0 Å². The summed E-state index contributed by atoms with van der Waals surface area (Å²) in [7, 11) is 5.70. The molecule has 3 rings (SSSR count). The maximum Gasteiger partial charge on any atom is 0.306 e. The molecule has 1 N–H and O–H groups in total. The molecule has 0 radical (unpaired) electrons. The van der Waals surface area contributed by atoms with Gasteiger partial charge in [0.15, 0.2) is 17.3 Å². The van der Waals surface area contributed by atoms with Crippen LogP contribution in [0.5, 0.6) is 23.0 Å². The van der Waals surface area contributed by atoms with Crippen LogP contribution >= 0.6 is 0 Å². The summed E-state index contributed by atoms with van der Waals surface area (Å²) in [5.41, 5.74) is -0.0910. The summed E-state index contributed by atoms with van der Waals surface area (Å²) in [5.74, 6) is -0.508. The third-order valence-electron chi connectivity index (χ3n) is 5.85. The number of aromatic hydroxyl groups is 1. The summed E-state index contributed by atoms with van der Waals surface area (Å²) in [4.78, 5) is 27.2. The van der Waals surface area contributed by atoms with Gasteiger partial charge in [0.2, 0.25) is 16.9 Å². The fourth-order valence-electron chi connectivity index (χ4n) is 4.20. The van der Waals surface area contributed by atoms with Crippen molar-refractivity contribution >= 4 is 5.97 Å². The van der Waals surface area contributed by atoms with E-state index in [0.29, 0.717) is 35.1 Å². The van der Waals surface area contributed by atoms with E-state index in [1.54, 1.807) is 12.1 Å². The van der Waals surface area contributed by atoms with Crippen LogP contribution in [0, 0.1) is 0 Å². The quantitative estimate of drug-likeness (QED) is 0.564. The van der Waals surface area contributed by atoms with Gasteiger partial charge in [-0.25, -0.2) is 0 Å². The Hall–Kier alpha value is -3.20. The van der Waals surface area contributed by atoms with Crippen LogP contribution in [0.15, 0.2) is 27.4 Å². The first-order chi connectivity index (χ1) is 15.9. The fraction of sp³-hybridized carbons (Fsp3) is 0.500. The van der Waals surface area contributed by atoms with Crippen molar-refractivity contribution in [1.29, 1.82) is 0 Å². The second-order valence-corrected chi connectivity index (χ2v) is 7.88. The number of piperidine rings is 1. The Morgan fingerprint density at radius 2 is 1.76 bits per heavy atom. The molecule has 0 aliphatic carbocycles. The van der Waals surface area contributed by atoms with Crippen LogP contribution in [0.4, 0.5) is 0 Å². The number of nitrogens with zero attached hydrogens (tertiary/aromatic N) is 1. The van der Waals surface area contributed by atoms with Gasteiger partial charge >= 0.3 is 5.97 Å². The minimum absolute atomic E-state index is 0.0228. The molecule has 1 aromatic heterocycles. The molecule has 1 fully saturated rings. The Morgan fingerprint density at radius 1 is 1.06 bits per heavy atom. The topological polar surface area (TPSA) is 108 Å². The highest BCUT2D eigenvalue weighted by molar-refractivity contribution is 5.72. The van der Waals surface area contributed by atoms with Gasteiger partial charge in [-0.15, -0.1) is 0 Å². The van der Waals surface area contributed by atoms with E-state index < -0.39 is 23.1 Å². The normalized spacial score (nSPS) is 15.0. The van der Waals surface area contributed by atoms with Crippen LogP contribution in [0.1, 0.15) is 48.7 Å². The van der Waals surface area contributed by atoms with E-state index in [0.717, 1.165) is 25.9 Å².